The largest absolute Gasteiger partial charge is 0.467 e. The molecule has 1 atom stereocenters. The van der Waals surface area contributed by atoms with Gasteiger partial charge in [0.05, 0.1) is 18.6 Å². The normalized spacial score (nSPS) is 12.0. The molecule has 2 rings (SSSR count). The van der Waals surface area contributed by atoms with E-state index in [4.69, 9.17) is 4.74 Å². The predicted octanol–water partition coefficient (Wildman–Crippen LogP) is 2.59. The first kappa shape index (κ1) is 19.1. The number of amides is 1. The van der Waals surface area contributed by atoms with E-state index < -0.39 is 12.0 Å². The van der Waals surface area contributed by atoms with Crippen molar-refractivity contribution in [1.29, 1.82) is 0 Å². The van der Waals surface area contributed by atoms with Crippen LogP contribution in [0.3, 0.4) is 0 Å². The van der Waals surface area contributed by atoms with Gasteiger partial charge in [-0.15, -0.1) is 0 Å². The van der Waals surface area contributed by atoms with Crippen LogP contribution >= 0.6 is 11.8 Å². The summed E-state index contributed by atoms with van der Waals surface area (Å²) in [4.78, 5) is 28.3. The highest BCUT2D eigenvalue weighted by molar-refractivity contribution is 7.99. The average Bonchev–Trinajstić information content (AvgIpc) is 3.05. The molecule has 0 aliphatic heterocycles. The quantitative estimate of drug-likeness (QED) is 0.606. The van der Waals surface area contributed by atoms with E-state index in [0.29, 0.717) is 0 Å². The lowest BCUT2D eigenvalue weighted by Gasteiger charge is -2.19. The Kier molecular flexibility index (Phi) is 6.64. The van der Waals surface area contributed by atoms with Crippen LogP contribution in [0.4, 0.5) is 0 Å². The number of hydrogen-bond donors (Lipinski definition) is 1. The first-order valence-electron chi connectivity index (χ1n) is 8.03. The molecule has 25 heavy (non-hydrogen) atoms. The number of esters is 1. The number of para-hydroxylation sites is 1. The number of carbonyl (C=O) groups excluding carboxylic acids is 2. The molecular formula is C18H23N3O3S. The first-order chi connectivity index (χ1) is 11.9. The number of imidazole rings is 1. The Morgan fingerprint density at radius 1 is 1.32 bits per heavy atom. The molecule has 7 heteroatoms. The van der Waals surface area contributed by atoms with Gasteiger partial charge in [-0.3, -0.25) is 9.36 Å². The summed E-state index contributed by atoms with van der Waals surface area (Å²) >= 11 is 1.33. The second-order valence-corrected chi connectivity index (χ2v) is 6.91. The minimum absolute atomic E-state index is 0.0460. The van der Waals surface area contributed by atoms with Crippen LogP contribution in [0.25, 0.3) is 5.69 Å². The van der Waals surface area contributed by atoms with Gasteiger partial charge in [-0.25, -0.2) is 9.78 Å². The molecule has 0 fully saturated rings. The van der Waals surface area contributed by atoms with Crippen LogP contribution in [0.5, 0.6) is 0 Å². The molecule has 134 valence electrons. The van der Waals surface area contributed by atoms with Crippen LogP contribution in [-0.2, 0) is 14.3 Å². The zero-order chi connectivity index (χ0) is 18.4. The van der Waals surface area contributed by atoms with E-state index in [9.17, 15) is 9.59 Å². The summed E-state index contributed by atoms with van der Waals surface area (Å²) in [6.45, 7) is 5.75. The topological polar surface area (TPSA) is 73.2 Å². The van der Waals surface area contributed by atoms with Gasteiger partial charge >= 0.3 is 5.97 Å². The molecule has 0 radical (unpaired) electrons. The van der Waals surface area contributed by atoms with Crippen LogP contribution in [-0.4, -0.2) is 40.3 Å². The average molecular weight is 361 g/mol. The number of aryl methyl sites for hydroxylation is 1. The molecule has 0 saturated carbocycles. The second kappa shape index (κ2) is 8.71. The Labute approximate surface area is 152 Å². The van der Waals surface area contributed by atoms with Gasteiger partial charge in [-0.2, -0.15) is 0 Å². The predicted molar refractivity (Wildman–Crippen MR) is 97.8 cm³/mol. The van der Waals surface area contributed by atoms with Crippen LogP contribution < -0.4 is 5.32 Å². The molecule has 0 bridgehead atoms. The van der Waals surface area contributed by atoms with E-state index in [0.717, 1.165) is 16.4 Å². The molecule has 1 aromatic heterocycles. The molecule has 1 N–H and O–H groups in total. The highest BCUT2D eigenvalue weighted by Gasteiger charge is 2.25. The highest BCUT2D eigenvalue weighted by atomic mass is 32.2. The zero-order valence-electron chi connectivity index (χ0n) is 14.9. The van der Waals surface area contributed by atoms with Gasteiger partial charge in [0.1, 0.15) is 6.04 Å². The zero-order valence-corrected chi connectivity index (χ0v) is 15.7. The van der Waals surface area contributed by atoms with Crippen molar-refractivity contribution < 1.29 is 14.3 Å². The third kappa shape index (κ3) is 4.85. The van der Waals surface area contributed by atoms with E-state index in [1.807, 2.05) is 55.8 Å². The molecule has 1 amide bonds. The van der Waals surface area contributed by atoms with Crippen LogP contribution in [0.15, 0.2) is 41.8 Å². The van der Waals surface area contributed by atoms with Gasteiger partial charge in [0.25, 0.3) is 0 Å². The van der Waals surface area contributed by atoms with Gasteiger partial charge in [0, 0.05) is 12.4 Å². The Hall–Kier alpha value is -2.28. The van der Waals surface area contributed by atoms with Crippen LogP contribution in [0.1, 0.15) is 19.4 Å². The number of benzene rings is 1. The fraction of sp³-hybridized carbons (Fsp3) is 0.389. The Morgan fingerprint density at radius 3 is 2.68 bits per heavy atom. The van der Waals surface area contributed by atoms with Gasteiger partial charge in [0.15, 0.2) is 5.16 Å². The fourth-order valence-corrected chi connectivity index (χ4v) is 3.16. The molecule has 1 heterocycles. The number of nitrogens with one attached hydrogen (secondary N) is 1. The maximum atomic E-state index is 12.2. The van der Waals surface area contributed by atoms with E-state index in [1.54, 1.807) is 6.20 Å². The van der Waals surface area contributed by atoms with Crippen molar-refractivity contribution in [2.45, 2.75) is 32.0 Å². The van der Waals surface area contributed by atoms with E-state index >= 15 is 0 Å². The molecule has 0 saturated heterocycles. The number of aromatic nitrogens is 2. The van der Waals surface area contributed by atoms with Gasteiger partial charge in [-0.05, 0) is 24.5 Å². The van der Waals surface area contributed by atoms with Gasteiger partial charge in [-0.1, -0.05) is 43.8 Å². The maximum Gasteiger partial charge on any atom is 0.328 e. The number of thioether (sulfide) groups is 1. The molecule has 2 aromatic rings. The van der Waals surface area contributed by atoms with Crippen molar-refractivity contribution in [3.8, 4) is 5.69 Å². The van der Waals surface area contributed by atoms with Gasteiger partial charge in [0.2, 0.25) is 5.91 Å². The van der Waals surface area contributed by atoms with Crippen molar-refractivity contribution in [2.24, 2.45) is 5.92 Å². The SMILES string of the molecule is COC(=O)C(NC(=O)CSc1nccn1-c1ccccc1C)C(C)C. The number of ether oxygens (including phenoxy) is 1. The molecule has 0 aliphatic rings. The lowest BCUT2D eigenvalue weighted by atomic mass is 10.1. The lowest BCUT2D eigenvalue weighted by molar-refractivity contribution is -0.146. The first-order valence-corrected chi connectivity index (χ1v) is 9.02. The van der Waals surface area contributed by atoms with Crippen molar-refractivity contribution in [2.75, 3.05) is 12.9 Å². The smallest absolute Gasteiger partial charge is 0.328 e. The molecule has 1 unspecified atom stereocenters. The van der Waals surface area contributed by atoms with Crippen molar-refractivity contribution >= 4 is 23.6 Å². The fourth-order valence-electron chi connectivity index (χ4n) is 2.38. The van der Waals surface area contributed by atoms with Crippen molar-refractivity contribution in [3.63, 3.8) is 0 Å². The van der Waals surface area contributed by atoms with Crippen molar-refractivity contribution in [3.05, 3.63) is 42.2 Å². The number of rotatable bonds is 7. The number of hydrogen-bond acceptors (Lipinski definition) is 5. The van der Waals surface area contributed by atoms with Crippen LogP contribution in [0, 0.1) is 12.8 Å². The molecule has 1 aromatic carbocycles. The Bertz CT molecular complexity index is 743. The summed E-state index contributed by atoms with van der Waals surface area (Å²) in [5.74, 6) is -0.540. The van der Waals surface area contributed by atoms with E-state index in [1.165, 1.54) is 18.9 Å². The number of nitrogens with zero attached hydrogens (tertiary/aromatic N) is 2. The maximum absolute atomic E-state index is 12.2. The Morgan fingerprint density at radius 2 is 2.04 bits per heavy atom. The third-order valence-electron chi connectivity index (χ3n) is 3.75. The lowest BCUT2D eigenvalue weighted by Crippen LogP contribution is -2.45. The summed E-state index contributed by atoms with van der Waals surface area (Å²) < 4.78 is 6.69. The molecular weight excluding hydrogens is 338 g/mol. The Balaban J connectivity index is 2.03. The van der Waals surface area contributed by atoms with E-state index in [-0.39, 0.29) is 17.6 Å². The van der Waals surface area contributed by atoms with Gasteiger partial charge < -0.3 is 10.1 Å². The highest BCUT2D eigenvalue weighted by Crippen LogP contribution is 2.22. The summed E-state index contributed by atoms with van der Waals surface area (Å²) in [7, 11) is 1.32. The molecule has 0 aliphatic carbocycles. The number of carbonyl (C=O) groups is 2. The van der Waals surface area contributed by atoms with Crippen LogP contribution in [0.2, 0.25) is 0 Å². The summed E-state index contributed by atoms with van der Waals surface area (Å²) in [6.07, 6.45) is 3.58. The summed E-state index contributed by atoms with van der Waals surface area (Å²) in [5.41, 5.74) is 2.15. The van der Waals surface area contributed by atoms with E-state index in [2.05, 4.69) is 10.3 Å². The number of methoxy groups -OCH3 is 1. The minimum Gasteiger partial charge on any atom is -0.467 e. The standard InChI is InChI=1S/C18H23N3O3S/c1-12(2)16(17(23)24-4)20-15(22)11-25-18-19-9-10-21(18)14-8-6-5-7-13(14)3/h5-10,12,16H,11H2,1-4H3,(H,20,22). The molecule has 6 nitrogen and oxygen atoms in total. The third-order valence-corrected chi connectivity index (χ3v) is 4.72. The second-order valence-electron chi connectivity index (χ2n) is 5.97. The van der Waals surface area contributed by atoms with Crippen molar-refractivity contribution in [1.82, 2.24) is 14.9 Å². The summed E-state index contributed by atoms with van der Waals surface area (Å²) in [5, 5.41) is 3.45. The minimum atomic E-state index is -0.644. The molecule has 0 spiro atoms. The summed E-state index contributed by atoms with van der Waals surface area (Å²) in [6, 6.07) is 7.34. The monoisotopic (exact) mass is 361 g/mol.